The van der Waals surface area contributed by atoms with Crippen molar-refractivity contribution >= 4 is 33.2 Å². The summed E-state index contributed by atoms with van der Waals surface area (Å²) in [4.78, 5) is 0.189. The molecular weight excluding hydrogens is 295 g/mol. The molecule has 2 rings (SSSR count). The van der Waals surface area contributed by atoms with Gasteiger partial charge < -0.3 is 5.32 Å². The van der Waals surface area contributed by atoms with Crippen LogP contribution >= 0.6 is 23.2 Å². The molecule has 0 amide bonds. The van der Waals surface area contributed by atoms with Crippen LogP contribution in [0.15, 0.2) is 23.1 Å². The van der Waals surface area contributed by atoms with Crippen molar-refractivity contribution < 1.29 is 8.42 Å². The lowest BCUT2D eigenvalue weighted by Gasteiger charge is -2.16. The number of sulfonamides is 1. The van der Waals surface area contributed by atoms with E-state index in [9.17, 15) is 8.42 Å². The van der Waals surface area contributed by atoms with E-state index in [2.05, 4.69) is 5.32 Å². The van der Waals surface area contributed by atoms with E-state index in [0.29, 0.717) is 18.1 Å². The molecule has 1 atom stereocenters. The van der Waals surface area contributed by atoms with Gasteiger partial charge in [0, 0.05) is 19.1 Å². The highest BCUT2D eigenvalue weighted by Crippen LogP contribution is 2.27. The summed E-state index contributed by atoms with van der Waals surface area (Å²) in [7, 11) is -1.64. The molecule has 100 valence electrons. The smallest absolute Gasteiger partial charge is 0.243 e. The summed E-state index contributed by atoms with van der Waals surface area (Å²) >= 11 is 11.6. The quantitative estimate of drug-likeness (QED) is 0.929. The third-order valence-electron chi connectivity index (χ3n) is 3.09. The predicted molar refractivity (Wildman–Crippen MR) is 72.7 cm³/mol. The second-order valence-corrected chi connectivity index (χ2v) is 6.97. The molecule has 1 aliphatic rings. The minimum atomic E-state index is -3.47. The zero-order valence-electron chi connectivity index (χ0n) is 9.86. The van der Waals surface area contributed by atoms with Gasteiger partial charge in [-0.25, -0.2) is 8.42 Å². The molecule has 0 radical (unpaired) electrons. The van der Waals surface area contributed by atoms with Crippen LogP contribution in [0.25, 0.3) is 0 Å². The lowest BCUT2D eigenvalue weighted by molar-refractivity contribution is 0.464. The highest BCUT2D eigenvalue weighted by Gasteiger charge is 2.31. The number of nitrogens with one attached hydrogen (secondary N) is 1. The van der Waals surface area contributed by atoms with Gasteiger partial charge in [-0.3, -0.25) is 0 Å². The fourth-order valence-corrected chi connectivity index (χ4v) is 3.86. The summed E-state index contributed by atoms with van der Waals surface area (Å²) < 4.78 is 26.2. The zero-order valence-corrected chi connectivity index (χ0v) is 12.2. The summed E-state index contributed by atoms with van der Waals surface area (Å²) in [5, 5.41) is 3.69. The van der Waals surface area contributed by atoms with Crippen molar-refractivity contribution in [2.45, 2.75) is 17.4 Å². The van der Waals surface area contributed by atoms with E-state index in [0.717, 1.165) is 6.42 Å². The topological polar surface area (TPSA) is 49.4 Å². The van der Waals surface area contributed by atoms with E-state index in [4.69, 9.17) is 23.2 Å². The average Bonchev–Trinajstić information content (AvgIpc) is 2.81. The molecule has 1 N–H and O–H groups in total. The molecule has 1 unspecified atom stereocenters. The largest absolute Gasteiger partial charge is 0.316 e. The molecule has 0 aliphatic carbocycles. The minimum Gasteiger partial charge on any atom is -0.316 e. The number of halogens is 2. The molecule has 1 fully saturated rings. The van der Waals surface area contributed by atoms with Gasteiger partial charge in [0.15, 0.2) is 0 Å². The molecule has 1 heterocycles. The lowest BCUT2D eigenvalue weighted by Crippen LogP contribution is -2.33. The van der Waals surface area contributed by atoms with E-state index in [1.54, 1.807) is 0 Å². The van der Waals surface area contributed by atoms with Crippen LogP contribution in [0.1, 0.15) is 6.42 Å². The molecule has 1 aromatic carbocycles. The number of hydrogen-bond acceptors (Lipinski definition) is 3. The van der Waals surface area contributed by atoms with Gasteiger partial charge in [-0.1, -0.05) is 23.2 Å². The molecule has 1 aromatic rings. The summed E-state index contributed by atoms with van der Waals surface area (Å²) in [5.41, 5.74) is 0. The molecule has 0 spiro atoms. The van der Waals surface area contributed by atoms with Crippen LogP contribution in [0.4, 0.5) is 0 Å². The summed E-state index contributed by atoms with van der Waals surface area (Å²) in [6, 6.07) is 4.59. The van der Waals surface area contributed by atoms with Gasteiger partial charge in [0.25, 0.3) is 0 Å². The summed E-state index contributed by atoms with van der Waals surface area (Å²) in [5.74, 6) is 0. The first-order valence-electron chi connectivity index (χ1n) is 5.57. The van der Waals surface area contributed by atoms with E-state index in [-0.39, 0.29) is 16.0 Å². The van der Waals surface area contributed by atoms with Crippen LogP contribution in [-0.4, -0.2) is 38.9 Å². The van der Waals surface area contributed by atoms with Crippen LogP contribution in [-0.2, 0) is 10.0 Å². The van der Waals surface area contributed by atoms with Crippen molar-refractivity contribution in [2.24, 2.45) is 0 Å². The van der Waals surface area contributed by atoms with E-state index < -0.39 is 10.0 Å². The van der Waals surface area contributed by atoms with Crippen LogP contribution in [0.2, 0.25) is 10.0 Å². The Morgan fingerprint density at radius 1 is 1.33 bits per heavy atom. The molecule has 0 bridgehead atoms. The van der Waals surface area contributed by atoms with Gasteiger partial charge in [0.2, 0.25) is 10.0 Å². The molecule has 0 aromatic heterocycles. The van der Waals surface area contributed by atoms with E-state index >= 15 is 0 Å². The summed E-state index contributed by atoms with van der Waals surface area (Å²) in [6.07, 6.45) is 0.817. The van der Waals surface area contributed by atoms with Gasteiger partial charge in [-0.2, -0.15) is 4.31 Å². The van der Waals surface area contributed by atoms with Crippen molar-refractivity contribution in [3.8, 4) is 0 Å². The maximum Gasteiger partial charge on any atom is 0.243 e. The lowest BCUT2D eigenvalue weighted by atomic mass is 10.3. The van der Waals surface area contributed by atoms with E-state index in [1.807, 2.05) is 7.05 Å². The highest BCUT2D eigenvalue weighted by molar-refractivity contribution is 7.89. The highest BCUT2D eigenvalue weighted by atomic mass is 35.5. The van der Waals surface area contributed by atoms with Crippen molar-refractivity contribution in [3.63, 3.8) is 0 Å². The maximum atomic E-state index is 12.4. The Hall–Kier alpha value is -0.330. The number of rotatable bonds is 3. The Labute approximate surface area is 117 Å². The molecule has 4 nitrogen and oxygen atoms in total. The monoisotopic (exact) mass is 308 g/mol. The number of benzene rings is 1. The normalized spacial score (nSPS) is 21.4. The third kappa shape index (κ3) is 2.65. The minimum absolute atomic E-state index is 0.189. The van der Waals surface area contributed by atoms with Crippen LogP contribution < -0.4 is 5.32 Å². The predicted octanol–water partition coefficient (Wildman–Crippen LogP) is 1.98. The first kappa shape index (κ1) is 14.1. The van der Waals surface area contributed by atoms with Crippen molar-refractivity contribution in [2.75, 3.05) is 20.1 Å². The van der Waals surface area contributed by atoms with Crippen LogP contribution in [0.5, 0.6) is 0 Å². The van der Waals surface area contributed by atoms with E-state index in [1.165, 1.54) is 22.5 Å². The van der Waals surface area contributed by atoms with Gasteiger partial charge in [0.05, 0.1) is 14.9 Å². The van der Waals surface area contributed by atoms with Crippen molar-refractivity contribution in [3.05, 3.63) is 28.2 Å². The number of hydrogen-bond donors (Lipinski definition) is 1. The average molecular weight is 309 g/mol. The second kappa shape index (κ2) is 5.35. The number of nitrogens with zero attached hydrogens (tertiary/aromatic N) is 1. The standard InChI is InChI=1S/C11H14Cl2N2O2S/c1-14-8-4-5-15(7-8)18(16,17)9-2-3-10(12)11(13)6-9/h2-3,6,8,14H,4-5,7H2,1H3. The molecular formula is C11H14Cl2N2O2S. The Bertz CT molecular complexity index is 548. The second-order valence-electron chi connectivity index (χ2n) is 4.21. The first-order valence-corrected chi connectivity index (χ1v) is 7.77. The SMILES string of the molecule is CNC1CCN(S(=O)(=O)c2ccc(Cl)c(Cl)c2)C1. The molecule has 1 aliphatic heterocycles. The Kier molecular flexibility index (Phi) is 4.18. The summed E-state index contributed by atoms with van der Waals surface area (Å²) in [6.45, 7) is 1.01. The fraction of sp³-hybridized carbons (Fsp3) is 0.455. The number of likely N-dealkylation sites (N-methyl/N-ethyl adjacent to an activating group) is 1. The zero-order chi connectivity index (χ0) is 13.3. The van der Waals surface area contributed by atoms with Crippen LogP contribution in [0.3, 0.4) is 0 Å². The Balaban J connectivity index is 2.28. The van der Waals surface area contributed by atoms with Gasteiger partial charge >= 0.3 is 0 Å². The van der Waals surface area contributed by atoms with Crippen LogP contribution in [0, 0.1) is 0 Å². The maximum absolute atomic E-state index is 12.4. The van der Waals surface area contributed by atoms with Crippen molar-refractivity contribution in [1.29, 1.82) is 0 Å². The third-order valence-corrected chi connectivity index (χ3v) is 5.69. The fourth-order valence-electron chi connectivity index (χ4n) is 1.97. The van der Waals surface area contributed by atoms with Gasteiger partial charge in [-0.15, -0.1) is 0 Å². The Morgan fingerprint density at radius 3 is 2.61 bits per heavy atom. The Morgan fingerprint density at radius 2 is 2.06 bits per heavy atom. The van der Waals surface area contributed by atoms with Crippen molar-refractivity contribution in [1.82, 2.24) is 9.62 Å². The molecule has 1 saturated heterocycles. The molecule has 7 heteroatoms. The first-order chi connectivity index (χ1) is 8.45. The molecule has 18 heavy (non-hydrogen) atoms. The van der Waals surface area contributed by atoms with Gasteiger partial charge in [-0.05, 0) is 31.7 Å². The molecule has 0 saturated carbocycles. The van der Waals surface area contributed by atoms with Gasteiger partial charge in [0.1, 0.15) is 0 Å².